The minimum atomic E-state index is 0.693. The van der Waals surface area contributed by atoms with Crippen LogP contribution in [0.15, 0.2) is 113 Å². The molecule has 32 heavy (non-hydrogen) atoms. The fraction of sp³-hybridized carbons (Fsp3) is 0. The van der Waals surface area contributed by atoms with Gasteiger partial charge in [-0.15, -0.1) is 0 Å². The van der Waals surface area contributed by atoms with Crippen LogP contribution in [0.2, 0.25) is 0 Å². The molecule has 1 aliphatic heterocycles. The number of benzene rings is 5. The first-order valence-electron chi connectivity index (χ1n) is 10.6. The van der Waals surface area contributed by atoms with Gasteiger partial charge in [0.15, 0.2) is 0 Å². The molecule has 0 bridgehead atoms. The van der Waals surface area contributed by atoms with E-state index in [-0.39, 0.29) is 0 Å². The second-order valence-corrected chi connectivity index (χ2v) is 8.99. The zero-order chi connectivity index (χ0) is 21.1. The van der Waals surface area contributed by atoms with Gasteiger partial charge in [-0.3, -0.25) is 4.90 Å². The highest BCUT2D eigenvalue weighted by Crippen LogP contribution is 2.55. The van der Waals surface area contributed by atoms with Gasteiger partial charge in [0, 0.05) is 26.8 Å². The second-order valence-electron chi connectivity index (χ2n) is 7.93. The predicted octanol–water partition coefficient (Wildman–Crippen LogP) is 7.87. The number of fused-ring (bicyclic) bond motifs is 7. The van der Waals surface area contributed by atoms with Gasteiger partial charge in [0.2, 0.25) is 5.95 Å². The zero-order valence-corrected chi connectivity index (χ0v) is 17.9. The Morgan fingerprint density at radius 1 is 0.625 bits per heavy atom. The quantitative estimate of drug-likeness (QED) is 0.266. The van der Waals surface area contributed by atoms with Crippen LogP contribution >= 0.6 is 11.8 Å². The zero-order valence-electron chi connectivity index (χ0n) is 17.1. The van der Waals surface area contributed by atoms with Crippen molar-refractivity contribution in [3.8, 4) is 0 Å². The third-order valence-electron chi connectivity index (χ3n) is 6.08. The molecule has 1 aliphatic rings. The first kappa shape index (κ1) is 17.8. The second kappa shape index (κ2) is 6.81. The van der Waals surface area contributed by atoms with Gasteiger partial charge in [0.25, 0.3) is 0 Å². The van der Waals surface area contributed by atoms with Gasteiger partial charge >= 0.3 is 0 Å². The first-order valence-corrected chi connectivity index (χ1v) is 11.4. The number of rotatable bonds is 1. The highest BCUT2D eigenvalue weighted by molar-refractivity contribution is 8.00. The van der Waals surface area contributed by atoms with E-state index >= 15 is 0 Å². The number of hydrogen-bond acceptors (Lipinski definition) is 4. The largest absolute Gasteiger partial charge is 0.276 e. The molecule has 1 aromatic heterocycles. The van der Waals surface area contributed by atoms with Crippen LogP contribution in [0.4, 0.5) is 17.3 Å². The molecule has 0 saturated carbocycles. The maximum absolute atomic E-state index is 4.99. The first-order chi connectivity index (χ1) is 15.9. The maximum Gasteiger partial charge on any atom is 0.235 e. The van der Waals surface area contributed by atoms with Crippen LogP contribution < -0.4 is 4.90 Å². The molecular formula is C28H17N3S. The average molecular weight is 428 g/mol. The Kier molecular flexibility index (Phi) is 3.78. The van der Waals surface area contributed by atoms with Crippen LogP contribution in [0, 0.1) is 0 Å². The lowest BCUT2D eigenvalue weighted by Crippen LogP contribution is -2.18. The molecule has 0 unspecified atom stereocenters. The van der Waals surface area contributed by atoms with Gasteiger partial charge < -0.3 is 0 Å². The Morgan fingerprint density at radius 3 is 2.19 bits per heavy atom. The fourth-order valence-electron chi connectivity index (χ4n) is 4.57. The van der Waals surface area contributed by atoms with Crippen molar-refractivity contribution >= 4 is 61.5 Å². The highest BCUT2D eigenvalue weighted by atomic mass is 32.2. The topological polar surface area (TPSA) is 29.0 Å². The summed E-state index contributed by atoms with van der Waals surface area (Å²) in [5, 5.41) is 5.94. The van der Waals surface area contributed by atoms with E-state index in [0.717, 1.165) is 22.3 Å². The fourth-order valence-corrected chi connectivity index (χ4v) is 5.78. The average Bonchev–Trinajstić information content (AvgIpc) is 2.87. The molecule has 4 heteroatoms. The SMILES string of the molecule is c1ccc2nc(N3c4ccc5ccccc5c4Sc4ccc5ccccc5c43)ncc2c1. The molecule has 5 aromatic carbocycles. The number of nitrogens with zero attached hydrogens (tertiary/aromatic N) is 3. The van der Waals surface area contributed by atoms with Gasteiger partial charge in [-0.25, -0.2) is 9.97 Å². The van der Waals surface area contributed by atoms with Gasteiger partial charge in [0.05, 0.1) is 16.9 Å². The normalized spacial score (nSPS) is 12.8. The van der Waals surface area contributed by atoms with E-state index in [1.54, 1.807) is 0 Å². The van der Waals surface area contributed by atoms with Crippen molar-refractivity contribution in [3.05, 3.63) is 103 Å². The third kappa shape index (κ3) is 2.57. The van der Waals surface area contributed by atoms with Crippen LogP contribution in [0.25, 0.3) is 32.4 Å². The molecule has 3 nitrogen and oxygen atoms in total. The lowest BCUT2D eigenvalue weighted by atomic mass is 10.1. The summed E-state index contributed by atoms with van der Waals surface area (Å²) in [6.45, 7) is 0. The summed E-state index contributed by atoms with van der Waals surface area (Å²) in [5.41, 5.74) is 3.21. The molecule has 0 spiro atoms. The molecule has 0 atom stereocenters. The Balaban J connectivity index is 1.59. The van der Waals surface area contributed by atoms with Crippen LogP contribution in [-0.2, 0) is 0 Å². The number of hydrogen-bond donors (Lipinski definition) is 0. The lowest BCUT2D eigenvalue weighted by Gasteiger charge is -2.33. The van der Waals surface area contributed by atoms with Crippen molar-refractivity contribution in [2.24, 2.45) is 0 Å². The summed E-state index contributed by atoms with van der Waals surface area (Å²) in [5.74, 6) is 0.693. The van der Waals surface area contributed by atoms with Crippen LogP contribution in [-0.4, -0.2) is 9.97 Å². The molecule has 0 N–H and O–H groups in total. The van der Waals surface area contributed by atoms with E-state index in [0.29, 0.717) is 5.95 Å². The molecular weight excluding hydrogens is 410 g/mol. The third-order valence-corrected chi connectivity index (χ3v) is 7.26. The minimum absolute atomic E-state index is 0.693. The minimum Gasteiger partial charge on any atom is -0.276 e. The predicted molar refractivity (Wildman–Crippen MR) is 133 cm³/mol. The van der Waals surface area contributed by atoms with Gasteiger partial charge in [-0.1, -0.05) is 90.6 Å². The molecule has 0 saturated heterocycles. The molecule has 0 fully saturated rings. The summed E-state index contributed by atoms with van der Waals surface area (Å²) in [4.78, 5) is 14.5. The van der Waals surface area contributed by atoms with E-state index < -0.39 is 0 Å². The summed E-state index contributed by atoms with van der Waals surface area (Å²) in [7, 11) is 0. The van der Waals surface area contributed by atoms with Crippen molar-refractivity contribution in [1.29, 1.82) is 0 Å². The maximum atomic E-state index is 4.99. The Bertz CT molecular complexity index is 1670. The Morgan fingerprint density at radius 2 is 1.31 bits per heavy atom. The molecule has 6 aromatic rings. The van der Waals surface area contributed by atoms with Crippen molar-refractivity contribution in [2.45, 2.75) is 9.79 Å². The summed E-state index contributed by atoms with van der Waals surface area (Å²) < 4.78 is 0. The molecule has 0 amide bonds. The van der Waals surface area contributed by atoms with E-state index in [2.05, 4.69) is 83.8 Å². The smallest absolute Gasteiger partial charge is 0.235 e. The van der Waals surface area contributed by atoms with Gasteiger partial charge in [0.1, 0.15) is 0 Å². The molecule has 7 rings (SSSR count). The summed E-state index contributed by atoms with van der Waals surface area (Å²) in [6, 6.07) is 34.1. The van der Waals surface area contributed by atoms with Gasteiger partial charge in [-0.2, -0.15) is 0 Å². The molecule has 0 radical (unpaired) electrons. The summed E-state index contributed by atoms with van der Waals surface area (Å²) in [6.07, 6.45) is 1.92. The van der Waals surface area contributed by atoms with Crippen molar-refractivity contribution in [2.75, 3.05) is 4.90 Å². The Hall–Kier alpha value is -3.89. The summed E-state index contributed by atoms with van der Waals surface area (Å²) >= 11 is 1.83. The van der Waals surface area contributed by atoms with E-state index in [1.807, 2.05) is 36.2 Å². The van der Waals surface area contributed by atoms with Crippen molar-refractivity contribution in [3.63, 3.8) is 0 Å². The number of anilines is 3. The van der Waals surface area contributed by atoms with Gasteiger partial charge in [-0.05, 0) is 34.4 Å². The molecule has 2 heterocycles. The number of para-hydroxylation sites is 1. The van der Waals surface area contributed by atoms with E-state index in [4.69, 9.17) is 9.97 Å². The van der Waals surface area contributed by atoms with Crippen molar-refractivity contribution in [1.82, 2.24) is 9.97 Å². The monoisotopic (exact) mass is 427 g/mol. The highest BCUT2D eigenvalue weighted by Gasteiger charge is 2.29. The van der Waals surface area contributed by atoms with E-state index in [9.17, 15) is 0 Å². The van der Waals surface area contributed by atoms with Crippen LogP contribution in [0.1, 0.15) is 0 Å². The Labute approximate surface area is 189 Å². The van der Waals surface area contributed by atoms with Crippen molar-refractivity contribution < 1.29 is 0 Å². The van der Waals surface area contributed by atoms with Crippen LogP contribution in [0.5, 0.6) is 0 Å². The standard InChI is InChI=1S/C28H17N3S/c1-4-10-21-18(7-1)14-16-25-26(21)31(28-29-17-20-9-3-6-12-23(20)30-28)24-15-13-19-8-2-5-11-22(19)27(24)32-25/h1-17H. The lowest BCUT2D eigenvalue weighted by molar-refractivity contribution is 1.08. The van der Waals surface area contributed by atoms with Crippen LogP contribution in [0.3, 0.4) is 0 Å². The number of aromatic nitrogens is 2. The van der Waals surface area contributed by atoms with E-state index in [1.165, 1.54) is 31.3 Å². The molecule has 150 valence electrons. The molecule has 0 aliphatic carbocycles.